The number of hydrogen-bond donors (Lipinski definition) is 2. The summed E-state index contributed by atoms with van der Waals surface area (Å²) >= 11 is 5.89. The van der Waals surface area contributed by atoms with E-state index < -0.39 is 7.12 Å². The van der Waals surface area contributed by atoms with E-state index in [4.69, 9.17) is 26.0 Å². The van der Waals surface area contributed by atoms with Crippen molar-refractivity contribution in [2.75, 3.05) is 0 Å². The molecule has 2 aromatic carbocycles. The third-order valence-electron chi connectivity index (χ3n) is 5.94. The molecule has 0 spiro atoms. The first kappa shape index (κ1) is 22.3. The van der Waals surface area contributed by atoms with Gasteiger partial charge in [0.05, 0.1) is 27.3 Å². The topological polar surface area (TPSA) is 84.7 Å². The van der Waals surface area contributed by atoms with Crippen molar-refractivity contribution < 1.29 is 19.5 Å². The van der Waals surface area contributed by atoms with Crippen LogP contribution in [0.5, 0.6) is 11.5 Å². The molecule has 8 heteroatoms. The zero-order chi connectivity index (χ0) is 23.1. The summed E-state index contributed by atoms with van der Waals surface area (Å²) in [7, 11) is -0.421. The van der Waals surface area contributed by atoms with Crippen LogP contribution in [-0.2, 0) is 9.31 Å². The van der Waals surface area contributed by atoms with E-state index in [0.29, 0.717) is 10.5 Å². The van der Waals surface area contributed by atoms with Crippen LogP contribution in [0, 0.1) is 0 Å². The standard InChI is InChI=1S/C15H18BNO3.C9H6ClNO/c1-14(2)15(3,4)20-16(19-14)12-7-8-17-13-9-10(18)5-6-11(12)13;10-8-3-4-11-9-5-6(12)1-2-7(8)9/h5-9,18H,1-4H3;1-5,12H. The molecule has 0 bridgehead atoms. The fourth-order valence-electron chi connectivity index (χ4n) is 3.44. The van der Waals surface area contributed by atoms with Gasteiger partial charge in [0.15, 0.2) is 0 Å². The minimum atomic E-state index is -0.421. The van der Waals surface area contributed by atoms with E-state index in [2.05, 4.69) is 9.97 Å². The van der Waals surface area contributed by atoms with Gasteiger partial charge in [0.2, 0.25) is 0 Å². The molecule has 4 aromatic rings. The molecule has 0 aliphatic carbocycles. The Morgan fingerprint density at radius 1 is 0.750 bits per heavy atom. The van der Waals surface area contributed by atoms with Crippen molar-refractivity contribution >= 4 is 46.0 Å². The van der Waals surface area contributed by atoms with E-state index in [9.17, 15) is 5.11 Å². The zero-order valence-electron chi connectivity index (χ0n) is 18.3. The van der Waals surface area contributed by atoms with Crippen molar-refractivity contribution in [3.63, 3.8) is 0 Å². The van der Waals surface area contributed by atoms with Crippen LogP contribution in [0.1, 0.15) is 27.7 Å². The lowest BCUT2D eigenvalue weighted by Crippen LogP contribution is -2.41. The molecule has 1 saturated heterocycles. The smallest absolute Gasteiger partial charge is 0.495 e. The Kier molecular flexibility index (Phi) is 5.75. The monoisotopic (exact) mass is 450 g/mol. The molecule has 0 amide bonds. The highest BCUT2D eigenvalue weighted by atomic mass is 35.5. The van der Waals surface area contributed by atoms with E-state index in [-0.39, 0.29) is 22.7 Å². The number of rotatable bonds is 1. The SMILES string of the molecule is CC1(C)OB(c2ccnc3cc(O)ccc23)OC1(C)C.Oc1ccc2c(Cl)ccnc2c1. The van der Waals surface area contributed by atoms with Gasteiger partial charge in [0.1, 0.15) is 11.5 Å². The maximum Gasteiger partial charge on any atom is 0.495 e. The third-order valence-corrected chi connectivity index (χ3v) is 6.27. The van der Waals surface area contributed by atoms with Gasteiger partial charge < -0.3 is 19.5 Å². The minimum absolute atomic E-state index is 0.205. The number of fused-ring (bicyclic) bond motifs is 2. The quantitative estimate of drug-likeness (QED) is 0.404. The largest absolute Gasteiger partial charge is 0.508 e. The summed E-state index contributed by atoms with van der Waals surface area (Å²) in [4.78, 5) is 8.33. The molecule has 0 radical (unpaired) electrons. The molecule has 1 fully saturated rings. The molecule has 0 atom stereocenters. The number of phenolic OH excluding ortho intramolecular Hbond substituents is 2. The zero-order valence-corrected chi connectivity index (χ0v) is 19.1. The highest BCUT2D eigenvalue weighted by Gasteiger charge is 2.52. The van der Waals surface area contributed by atoms with Crippen molar-refractivity contribution in [2.24, 2.45) is 0 Å². The number of halogens is 1. The van der Waals surface area contributed by atoms with Gasteiger partial charge in [-0.25, -0.2) is 0 Å². The summed E-state index contributed by atoms with van der Waals surface area (Å²) in [5.41, 5.74) is 1.64. The molecule has 1 aliphatic rings. The van der Waals surface area contributed by atoms with Gasteiger partial charge in [-0.3, -0.25) is 9.97 Å². The molecule has 0 unspecified atom stereocenters. The maximum atomic E-state index is 9.55. The van der Waals surface area contributed by atoms with Gasteiger partial charge in [0, 0.05) is 35.3 Å². The van der Waals surface area contributed by atoms with Crippen LogP contribution in [0.4, 0.5) is 0 Å². The molecule has 2 aromatic heterocycles. The van der Waals surface area contributed by atoms with E-state index in [1.54, 1.807) is 48.8 Å². The van der Waals surface area contributed by atoms with Gasteiger partial charge in [-0.05, 0) is 69.6 Å². The van der Waals surface area contributed by atoms with Crippen LogP contribution in [0.2, 0.25) is 5.02 Å². The fourth-order valence-corrected chi connectivity index (χ4v) is 3.65. The van der Waals surface area contributed by atoms with Crippen molar-refractivity contribution in [1.29, 1.82) is 0 Å². The fraction of sp³-hybridized carbons (Fsp3) is 0.250. The molecule has 6 nitrogen and oxygen atoms in total. The lowest BCUT2D eigenvalue weighted by atomic mass is 9.77. The van der Waals surface area contributed by atoms with Crippen LogP contribution in [0.15, 0.2) is 60.9 Å². The van der Waals surface area contributed by atoms with E-state index >= 15 is 0 Å². The molecule has 2 N–H and O–H groups in total. The predicted octanol–water partition coefficient (Wildman–Crippen LogP) is 4.83. The Bertz CT molecular complexity index is 1280. The van der Waals surface area contributed by atoms with Gasteiger partial charge in [-0.1, -0.05) is 11.6 Å². The van der Waals surface area contributed by atoms with E-state index in [0.717, 1.165) is 21.8 Å². The number of pyridine rings is 2. The molecule has 3 heterocycles. The van der Waals surface area contributed by atoms with Gasteiger partial charge in [-0.2, -0.15) is 0 Å². The lowest BCUT2D eigenvalue weighted by Gasteiger charge is -2.32. The Morgan fingerprint density at radius 3 is 1.84 bits per heavy atom. The highest BCUT2D eigenvalue weighted by molar-refractivity contribution is 6.65. The van der Waals surface area contributed by atoms with Crippen molar-refractivity contribution in [1.82, 2.24) is 9.97 Å². The second-order valence-corrected chi connectivity index (χ2v) is 9.09. The van der Waals surface area contributed by atoms with Gasteiger partial charge >= 0.3 is 7.12 Å². The molecule has 5 rings (SSSR count). The molecule has 1 aliphatic heterocycles. The Labute approximate surface area is 191 Å². The summed E-state index contributed by atoms with van der Waals surface area (Å²) in [6.07, 6.45) is 3.33. The van der Waals surface area contributed by atoms with Gasteiger partial charge in [0.25, 0.3) is 0 Å². The summed E-state index contributed by atoms with van der Waals surface area (Å²) in [6, 6.07) is 13.7. The number of nitrogens with zero attached hydrogens (tertiary/aromatic N) is 2. The Morgan fingerprint density at radius 2 is 1.25 bits per heavy atom. The molecule has 0 saturated carbocycles. The Balaban J connectivity index is 0.000000174. The van der Waals surface area contributed by atoms with Crippen LogP contribution >= 0.6 is 11.6 Å². The number of aromatic hydroxyl groups is 2. The molecular formula is C24H24BClN2O4. The summed E-state index contributed by atoms with van der Waals surface area (Å²) < 4.78 is 12.2. The number of aromatic nitrogens is 2. The molecule has 32 heavy (non-hydrogen) atoms. The highest BCUT2D eigenvalue weighted by Crippen LogP contribution is 2.37. The van der Waals surface area contributed by atoms with Crippen LogP contribution in [-0.4, -0.2) is 38.5 Å². The third kappa shape index (κ3) is 4.24. The van der Waals surface area contributed by atoms with Gasteiger partial charge in [-0.15, -0.1) is 0 Å². The lowest BCUT2D eigenvalue weighted by molar-refractivity contribution is 0.00578. The average Bonchev–Trinajstić information content (AvgIpc) is 2.95. The summed E-state index contributed by atoms with van der Waals surface area (Å²) in [5, 5.41) is 21.1. The van der Waals surface area contributed by atoms with Crippen LogP contribution in [0.25, 0.3) is 21.8 Å². The van der Waals surface area contributed by atoms with E-state index in [1.807, 2.05) is 39.8 Å². The average molecular weight is 451 g/mol. The first-order chi connectivity index (χ1) is 15.1. The summed E-state index contributed by atoms with van der Waals surface area (Å²) in [5.74, 6) is 0.410. The Hall–Kier alpha value is -2.87. The second kappa shape index (κ2) is 8.24. The normalized spacial score (nSPS) is 16.7. The maximum absolute atomic E-state index is 9.55. The van der Waals surface area contributed by atoms with Crippen molar-refractivity contribution in [3.8, 4) is 11.5 Å². The second-order valence-electron chi connectivity index (χ2n) is 8.68. The number of phenols is 2. The number of hydrogen-bond acceptors (Lipinski definition) is 6. The molecule has 164 valence electrons. The van der Waals surface area contributed by atoms with Crippen molar-refractivity contribution in [2.45, 2.75) is 38.9 Å². The summed E-state index contributed by atoms with van der Waals surface area (Å²) in [6.45, 7) is 8.12. The first-order valence-corrected chi connectivity index (χ1v) is 10.6. The van der Waals surface area contributed by atoms with Crippen LogP contribution in [0.3, 0.4) is 0 Å². The number of benzene rings is 2. The van der Waals surface area contributed by atoms with Crippen molar-refractivity contribution in [3.05, 3.63) is 65.9 Å². The van der Waals surface area contributed by atoms with Crippen LogP contribution < -0.4 is 5.46 Å². The molecular weight excluding hydrogens is 427 g/mol. The minimum Gasteiger partial charge on any atom is -0.508 e. The predicted molar refractivity (Wildman–Crippen MR) is 128 cm³/mol. The van der Waals surface area contributed by atoms with E-state index in [1.165, 1.54) is 0 Å². The first-order valence-electron chi connectivity index (χ1n) is 10.2.